The Hall–Kier alpha value is -5.58. The maximum atomic E-state index is 13.4. The van der Waals surface area contributed by atoms with Gasteiger partial charge >= 0.3 is 0 Å². The van der Waals surface area contributed by atoms with E-state index in [0.717, 1.165) is 22.6 Å². The minimum absolute atomic E-state index is 0.0716. The van der Waals surface area contributed by atoms with Gasteiger partial charge in [-0.2, -0.15) is 0 Å². The molecule has 3 fully saturated rings. The number of rotatable bonds is 8. The number of piperidine rings is 1. The minimum atomic E-state index is -0.995. The Balaban J connectivity index is 0.821. The van der Waals surface area contributed by atoms with Gasteiger partial charge in [0.2, 0.25) is 17.5 Å². The number of nitrogens with zero attached hydrogens (tertiary/aromatic N) is 4. The zero-order valence-electron chi connectivity index (χ0n) is 31.5. The highest BCUT2D eigenvalue weighted by Gasteiger charge is 2.64. The van der Waals surface area contributed by atoms with E-state index in [-0.39, 0.29) is 53.8 Å². The second kappa shape index (κ2) is 13.6. The number of carbonyl (C=O) groups excluding carboxylic acids is 6. The van der Waals surface area contributed by atoms with Crippen LogP contribution in [-0.4, -0.2) is 88.0 Å². The normalized spacial score (nSPS) is 23.8. The zero-order chi connectivity index (χ0) is 39.8. The monoisotopic (exact) mass is 776 g/mol. The van der Waals surface area contributed by atoms with E-state index < -0.39 is 40.5 Å². The molecule has 8 rings (SSSR count). The fourth-order valence-electron chi connectivity index (χ4n) is 9.53. The van der Waals surface area contributed by atoms with E-state index in [1.54, 1.807) is 59.5 Å². The van der Waals surface area contributed by atoms with Crippen molar-refractivity contribution in [2.24, 2.45) is 16.7 Å². The molecule has 5 aliphatic rings. The molecule has 13 nitrogen and oxygen atoms in total. The smallest absolute Gasteiger partial charge is 0.262 e. The number of benzene rings is 3. The van der Waals surface area contributed by atoms with Gasteiger partial charge in [0.1, 0.15) is 17.9 Å². The highest BCUT2D eigenvalue weighted by molar-refractivity contribution is 6.33. The summed E-state index contributed by atoms with van der Waals surface area (Å²) in [6.07, 6.45) is -0.0423. The summed E-state index contributed by atoms with van der Waals surface area (Å²) < 4.78 is 6.34. The first kappa shape index (κ1) is 37.3. The van der Waals surface area contributed by atoms with Gasteiger partial charge in [-0.3, -0.25) is 43.9 Å². The van der Waals surface area contributed by atoms with Crippen molar-refractivity contribution < 1.29 is 33.5 Å². The summed E-state index contributed by atoms with van der Waals surface area (Å²) in [5, 5.41) is 5.74. The van der Waals surface area contributed by atoms with Gasteiger partial charge in [-0.05, 0) is 66.1 Å². The van der Waals surface area contributed by atoms with Gasteiger partial charge in [0.15, 0.2) is 0 Å². The van der Waals surface area contributed by atoms with Crippen molar-refractivity contribution in [1.82, 2.24) is 25.3 Å². The lowest BCUT2D eigenvalue weighted by Crippen LogP contribution is -2.74. The van der Waals surface area contributed by atoms with Crippen molar-refractivity contribution in [3.05, 3.63) is 104 Å². The van der Waals surface area contributed by atoms with E-state index in [2.05, 4.69) is 20.4 Å². The lowest BCUT2D eigenvalue weighted by molar-refractivity contribution is -0.164. The van der Waals surface area contributed by atoms with Crippen molar-refractivity contribution in [1.29, 1.82) is 0 Å². The van der Waals surface area contributed by atoms with Crippen LogP contribution in [0.4, 0.5) is 5.69 Å². The second-order valence-electron chi connectivity index (χ2n) is 16.7. The second-order valence-corrected chi connectivity index (χ2v) is 17.1. The predicted molar refractivity (Wildman–Crippen MR) is 204 cm³/mol. The summed E-state index contributed by atoms with van der Waals surface area (Å²) in [7, 11) is 0. The molecule has 0 aromatic heterocycles. The summed E-state index contributed by atoms with van der Waals surface area (Å²) in [5.74, 6) is -1.58. The molecule has 1 unspecified atom stereocenters. The number of ether oxygens (including phenoxy) is 1. The van der Waals surface area contributed by atoms with Crippen LogP contribution in [0, 0.1) is 23.3 Å². The molecule has 3 aromatic rings. The first-order chi connectivity index (χ1) is 26.6. The lowest BCUT2D eigenvalue weighted by Gasteiger charge is -2.63. The Bertz CT molecular complexity index is 2210. The van der Waals surface area contributed by atoms with Crippen LogP contribution in [0.3, 0.4) is 0 Å². The Morgan fingerprint density at radius 2 is 1.52 bits per heavy atom. The molecule has 0 bridgehead atoms. The third-order valence-corrected chi connectivity index (χ3v) is 12.4. The molecule has 2 N–H and O–H groups in total. The number of imide groups is 2. The first-order valence-corrected chi connectivity index (χ1v) is 19.1. The number of nitrogens with one attached hydrogen (secondary N) is 2. The van der Waals surface area contributed by atoms with Gasteiger partial charge in [0, 0.05) is 73.1 Å². The molecular weight excluding hydrogens is 736 g/mol. The summed E-state index contributed by atoms with van der Waals surface area (Å²) in [5.41, 5.74) is 2.97. The summed E-state index contributed by atoms with van der Waals surface area (Å²) in [6, 6.07) is 14.0. The van der Waals surface area contributed by atoms with E-state index in [1.165, 1.54) is 0 Å². The Morgan fingerprint density at radius 3 is 2.09 bits per heavy atom. The third-order valence-electron chi connectivity index (χ3n) is 12.1. The molecule has 1 atom stereocenters. The van der Waals surface area contributed by atoms with Gasteiger partial charge in [-0.25, -0.2) is 4.85 Å². The number of fused-ring (bicyclic) bond motifs is 2. The van der Waals surface area contributed by atoms with E-state index >= 15 is 0 Å². The van der Waals surface area contributed by atoms with Crippen LogP contribution in [0.2, 0.25) is 5.02 Å². The highest BCUT2D eigenvalue weighted by Crippen LogP contribution is 2.55. The van der Waals surface area contributed by atoms with Crippen molar-refractivity contribution in [2.75, 3.05) is 19.6 Å². The van der Waals surface area contributed by atoms with Crippen LogP contribution in [0.15, 0.2) is 54.6 Å². The van der Waals surface area contributed by atoms with Gasteiger partial charge in [0.25, 0.3) is 23.6 Å². The molecule has 56 heavy (non-hydrogen) atoms. The zero-order valence-corrected chi connectivity index (χ0v) is 32.2. The summed E-state index contributed by atoms with van der Waals surface area (Å²) in [4.78, 5) is 85.7. The first-order valence-electron chi connectivity index (χ1n) is 18.7. The molecule has 14 heteroatoms. The van der Waals surface area contributed by atoms with Gasteiger partial charge in [0.05, 0.1) is 22.7 Å². The van der Waals surface area contributed by atoms with Crippen LogP contribution in [0.1, 0.15) is 93.1 Å². The van der Waals surface area contributed by atoms with Crippen LogP contribution in [-0.2, 0) is 22.7 Å². The molecule has 4 aliphatic heterocycles. The maximum Gasteiger partial charge on any atom is 0.262 e. The van der Waals surface area contributed by atoms with Crippen LogP contribution in [0.25, 0.3) is 4.85 Å². The van der Waals surface area contributed by atoms with Gasteiger partial charge < -0.3 is 15.0 Å². The number of likely N-dealkylation sites (tertiary alicyclic amines) is 1. The average Bonchev–Trinajstić information content (AvgIpc) is 3.65. The highest BCUT2D eigenvalue weighted by atomic mass is 35.5. The molecule has 288 valence electrons. The molecule has 1 saturated carbocycles. The third kappa shape index (κ3) is 6.21. The number of carbonyl (C=O) groups is 6. The van der Waals surface area contributed by atoms with Crippen molar-refractivity contribution in [3.8, 4) is 5.75 Å². The molecule has 1 aliphatic carbocycles. The molecule has 6 amide bonds. The quantitative estimate of drug-likeness (QED) is 0.240. The van der Waals surface area contributed by atoms with Crippen molar-refractivity contribution in [3.63, 3.8) is 0 Å². The standard InChI is InChI=1S/C42H41ClN6O7/c1-41(2)39(42(3,4)40(41)56-27-10-11-31(44-5)30(43)16-27)46-34(51)23-6-8-24(9-7-23)36(53)48-18-22(19-48)17-47-20-25-14-28-29(15-26(25)21-47)38(55)49(37(28)54)32-12-13-33(50)45-35(32)52/h6-11,14-16,22,32,39-40H,12-13,17-21H2,1-4H3,(H,46,51)(H,45,50,52). The number of amides is 6. The number of hydrogen-bond acceptors (Lipinski definition) is 8. The lowest BCUT2D eigenvalue weighted by atomic mass is 9.49. The Kier molecular flexibility index (Phi) is 9.05. The Labute approximate surface area is 329 Å². The fraction of sp³-hybridized carbons (Fsp3) is 0.405. The summed E-state index contributed by atoms with van der Waals surface area (Å²) in [6.45, 7) is 18.5. The topological polar surface area (TPSA) is 150 Å². The van der Waals surface area contributed by atoms with E-state index in [1.807, 2.05) is 27.7 Å². The maximum absolute atomic E-state index is 13.4. The van der Waals surface area contributed by atoms with Crippen molar-refractivity contribution in [2.45, 2.75) is 71.8 Å². The van der Waals surface area contributed by atoms with Gasteiger partial charge in [-0.15, -0.1) is 0 Å². The fourth-order valence-corrected chi connectivity index (χ4v) is 9.75. The minimum Gasteiger partial charge on any atom is -0.489 e. The van der Waals surface area contributed by atoms with E-state index in [9.17, 15) is 28.8 Å². The van der Waals surface area contributed by atoms with Crippen molar-refractivity contribution >= 4 is 52.7 Å². The number of halogens is 1. The number of hydrogen-bond donors (Lipinski definition) is 2. The molecule has 0 spiro atoms. The summed E-state index contributed by atoms with van der Waals surface area (Å²) >= 11 is 6.23. The molecule has 2 saturated heterocycles. The Morgan fingerprint density at radius 1 is 0.911 bits per heavy atom. The van der Waals surface area contributed by atoms with Crippen LogP contribution < -0.4 is 15.4 Å². The largest absolute Gasteiger partial charge is 0.489 e. The molecule has 4 heterocycles. The van der Waals surface area contributed by atoms with E-state index in [4.69, 9.17) is 22.9 Å². The predicted octanol–water partition coefficient (Wildman–Crippen LogP) is 4.99. The van der Waals surface area contributed by atoms with Crippen LogP contribution >= 0.6 is 11.6 Å². The molecular formula is C42H41ClN6O7. The van der Waals surface area contributed by atoms with E-state index in [0.29, 0.717) is 53.8 Å². The van der Waals surface area contributed by atoms with Crippen LogP contribution in [0.5, 0.6) is 5.75 Å². The van der Waals surface area contributed by atoms with Gasteiger partial charge in [-0.1, -0.05) is 45.4 Å². The SMILES string of the molecule is [C-]#[N+]c1ccc(OC2C(C)(C)C(NC(=O)c3ccc(C(=O)N4CC(CN5Cc6cc7c(cc6C5)C(=O)N(C5CCC(=O)NC5=O)C7=O)C4)cc3)C2(C)C)cc1Cl. The average molecular weight is 777 g/mol. The molecule has 0 radical (unpaired) electrons. The molecule has 3 aromatic carbocycles.